The highest BCUT2D eigenvalue weighted by molar-refractivity contribution is 5.94. The first-order valence-corrected chi connectivity index (χ1v) is 10.0. The third kappa shape index (κ3) is 4.60. The van der Waals surface area contributed by atoms with Gasteiger partial charge in [-0.1, -0.05) is 23.4 Å². The quantitative estimate of drug-likeness (QED) is 0.689. The summed E-state index contributed by atoms with van der Waals surface area (Å²) in [5, 5.41) is 3.99. The summed E-state index contributed by atoms with van der Waals surface area (Å²) < 4.78 is 16.4. The summed E-state index contributed by atoms with van der Waals surface area (Å²) in [5.74, 6) is 0.566. The van der Waals surface area contributed by atoms with E-state index in [9.17, 15) is 9.59 Å². The fraction of sp³-hybridized carbons (Fsp3) is 0.500. The van der Waals surface area contributed by atoms with Gasteiger partial charge in [-0.05, 0) is 51.7 Å². The van der Waals surface area contributed by atoms with Crippen molar-refractivity contribution < 1.29 is 23.6 Å². The van der Waals surface area contributed by atoms with E-state index >= 15 is 0 Å². The molecule has 0 bridgehead atoms. The van der Waals surface area contributed by atoms with Crippen LogP contribution in [0.1, 0.15) is 52.7 Å². The van der Waals surface area contributed by atoms with E-state index in [0.29, 0.717) is 31.0 Å². The fourth-order valence-electron chi connectivity index (χ4n) is 3.66. The summed E-state index contributed by atoms with van der Waals surface area (Å²) in [5.41, 5.74) is 2.94. The van der Waals surface area contributed by atoms with Crippen LogP contribution in [0.15, 0.2) is 22.7 Å². The monoisotopic (exact) mass is 400 g/mol. The number of aromatic nitrogens is 1. The SMILES string of the molecule is CCOC(=O)C1CCCN(C(=O)c2noc(C)c2COc2c(C)cccc2C)C1. The number of carbonyl (C=O) groups excluding carboxylic acids is 2. The molecule has 0 radical (unpaired) electrons. The van der Waals surface area contributed by atoms with Crippen LogP contribution in [0.25, 0.3) is 0 Å². The van der Waals surface area contributed by atoms with E-state index in [2.05, 4.69) is 5.16 Å². The Kier molecular flexibility index (Phi) is 6.56. The fourth-order valence-corrected chi connectivity index (χ4v) is 3.66. The normalized spacial score (nSPS) is 16.6. The Morgan fingerprint density at radius 3 is 2.66 bits per heavy atom. The van der Waals surface area contributed by atoms with Crippen molar-refractivity contribution in [1.29, 1.82) is 0 Å². The molecule has 156 valence electrons. The number of likely N-dealkylation sites (tertiary alicyclic amines) is 1. The van der Waals surface area contributed by atoms with Gasteiger partial charge in [-0.2, -0.15) is 0 Å². The molecule has 1 aliphatic heterocycles. The van der Waals surface area contributed by atoms with Crippen LogP contribution in [0.3, 0.4) is 0 Å². The minimum atomic E-state index is -0.296. The lowest BCUT2D eigenvalue weighted by atomic mass is 9.97. The number of nitrogens with zero attached hydrogens (tertiary/aromatic N) is 2. The Balaban J connectivity index is 1.74. The van der Waals surface area contributed by atoms with Crippen LogP contribution in [-0.4, -0.2) is 41.6 Å². The molecule has 29 heavy (non-hydrogen) atoms. The van der Waals surface area contributed by atoms with Crippen LogP contribution >= 0.6 is 0 Å². The van der Waals surface area contributed by atoms with Gasteiger partial charge < -0.3 is 18.9 Å². The van der Waals surface area contributed by atoms with Gasteiger partial charge in [0.15, 0.2) is 5.69 Å². The molecular weight excluding hydrogens is 372 g/mol. The molecule has 1 unspecified atom stereocenters. The zero-order chi connectivity index (χ0) is 21.0. The average Bonchev–Trinajstić information content (AvgIpc) is 3.08. The Hall–Kier alpha value is -2.83. The van der Waals surface area contributed by atoms with Gasteiger partial charge in [-0.15, -0.1) is 0 Å². The third-order valence-electron chi connectivity index (χ3n) is 5.29. The van der Waals surface area contributed by atoms with Crippen LogP contribution in [0.4, 0.5) is 0 Å². The van der Waals surface area contributed by atoms with Crippen LogP contribution in [0.5, 0.6) is 5.75 Å². The zero-order valence-corrected chi connectivity index (χ0v) is 17.5. The van der Waals surface area contributed by atoms with Crippen molar-refractivity contribution in [2.45, 2.75) is 47.1 Å². The van der Waals surface area contributed by atoms with Gasteiger partial charge in [-0.25, -0.2) is 0 Å². The summed E-state index contributed by atoms with van der Waals surface area (Å²) in [7, 11) is 0. The molecule has 0 aliphatic carbocycles. The molecule has 3 rings (SSSR count). The number of hydrogen-bond acceptors (Lipinski definition) is 6. The van der Waals surface area contributed by atoms with Gasteiger partial charge >= 0.3 is 5.97 Å². The number of amides is 1. The second kappa shape index (κ2) is 9.11. The summed E-state index contributed by atoms with van der Waals surface area (Å²) in [4.78, 5) is 26.8. The first kappa shape index (κ1) is 20.9. The number of aryl methyl sites for hydroxylation is 3. The summed E-state index contributed by atoms with van der Waals surface area (Å²) in [6.07, 6.45) is 1.48. The van der Waals surface area contributed by atoms with Gasteiger partial charge in [0.25, 0.3) is 5.91 Å². The van der Waals surface area contributed by atoms with Crippen LogP contribution in [-0.2, 0) is 16.1 Å². The van der Waals surface area contributed by atoms with E-state index in [4.69, 9.17) is 14.0 Å². The average molecular weight is 400 g/mol. The standard InChI is InChI=1S/C22H28N2O5/c1-5-27-22(26)17-10-7-11-24(12-17)21(25)19-18(16(4)29-23-19)13-28-20-14(2)8-6-9-15(20)3/h6,8-9,17H,5,7,10-13H2,1-4H3. The number of piperidine rings is 1. The highest BCUT2D eigenvalue weighted by Crippen LogP contribution is 2.26. The molecule has 0 N–H and O–H groups in total. The zero-order valence-electron chi connectivity index (χ0n) is 17.5. The molecule has 7 heteroatoms. The Morgan fingerprint density at radius 2 is 1.97 bits per heavy atom. The minimum Gasteiger partial charge on any atom is -0.488 e. The molecule has 1 fully saturated rings. The molecule has 7 nitrogen and oxygen atoms in total. The maximum absolute atomic E-state index is 13.1. The third-order valence-corrected chi connectivity index (χ3v) is 5.29. The number of esters is 1. The van der Waals surface area contributed by atoms with E-state index in [1.807, 2.05) is 32.0 Å². The predicted molar refractivity (Wildman–Crippen MR) is 107 cm³/mol. The molecule has 0 spiro atoms. The molecule has 1 aliphatic rings. The second-order valence-corrected chi connectivity index (χ2v) is 7.42. The number of para-hydroxylation sites is 1. The lowest BCUT2D eigenvalue weighted by molar-refractivity contribution is -0.149. The second-order valence-electron chi connectivity index (χ2n) is 7.42. The van der Waals surface area contributed by atoms with Gasteiger partial charge in [0.05, 0.1) is 18.1 Å². The lowest BCUT2D eigenvalue weighted by Crippen LogP contribution is -2.43. The number of rotatable bonds is 6. The van der Waals surface area contributed by atoms with Crippen molar-refractivity contribution in [2.75, 3.05) is 19.7 Å². The molecule has 2 aromatic rings. The number of carbonyl (C=O) groups is 2. The highest BCUT2D eigenvalue weighted by Gasteiger charge is 2.32. The van der Waals surface area contributed by atoms with E-state index in [1.165, 1.54) is 0 Å². The van der Waals surface area contributed by atoms with Crippen molar-refractivity contribution in [2.24, 2.45) is 5.92 Å². The Labute approximate surface area is 171 Å². The Morgan fingerprint density at radius 1 is 1.24 bits per heavy atom. The number of ether oxygens (including phenoxy) is 2. The highest BCUT2D eigenvalue weighted by atomic mass is 16.5. The van der Waals surface area contributed by atoms with Crippen LogP contribution < -0.4 is 4.74 Å². The van der Waals surface area contributed by atoms with E-state index in [0.717, 1.165) is 29.7 Å². The van der Waals surface area contributed by atoms with Crippen LogP contribution in [0.2, 0.25) is 0 Å². The van der Waals surface area contributed by atoms with E-state index in [-0.39, 0.29) is 30.1 Å². The van der Waals surface area contributed by atoms with Gasteiger partial charge in [0.1, 0.15) is 18.1 Å². The maximum atomic E-state index is 13.1. The maximum Gasteiger partial charge on any atom is 0.310 e. The van der Waals surface area contributed by atoms with E-state index in [1.54, 1.807) is 18.7 Å². The van der Waals surface area contributed by atoms with Crippen molar-refractivity contribution in [3.8, 4) is 5.75 Å². The van der Waals surface area contributed by atoms with Crippen molar-refractivity contribution >= 4 is 11.9 Å². The molecule has 2 heterocycles. The molecular formula is C22H28N2O5. The summed E-state index contributed by atoms with van der Waals surface area (Å²) >= 11 is 0. The molecule has 1 aromatic heterocycles. The topological polar surface area (TPSA) is 81.9 Å². The van der Waals surface area contributed by atoms with E-state index < -0.39 is 0 Å². The number of benzene rings is 1. The van der Waals surface area contributed by atoms with Crippen LogP contribution in [0, 0.1) is 26.7 Å². The predicted octanol–water partition coefficient (Wildman–Crippen LogP) is 3.59. The van der Waals surface area contributed by atoms with Crippen molar-refractivity contribution in [1.82, 2.24) is 10.1 Å². The molecule has 1 saturated heterocycles. The Bertz CT molecular complexity index is 869. The lowest BCUT2D eigenvalue weighted by Gasteiger charge is -2.31. The molecule has 1 atom stereocenters. The van der Waals surface area contributed by atoms with Gasteiger partial charge in [-0.3, -0.25) is 9.59 Å². The molecule has 0 saturated carbocycles. The van der Waals surface area contributed by atoms with Gasteiger partial charge in [0.2, 0.25) is 0 Å². The minimum absolute atomic E-state index is 0.192. The first-order valence-electron chi connectivity index (χ1n) is 10.0. The van der Waals surface area contributed by atoms with Gasteiger partial charge in [0, 0.05) is 13.1 Å². The summed E-state index contributed by atoms with van der Waals surface area (Å²) in [6.45, 7) is 8.97. The first-order chi connectivity index (χ1) is 13.9. The summed E-state index contributed by atoms with van der Waals surface area (Å²) in [6, 6.07) is 5.95. The molecule has 1 aromatic carbocycles. The van der Waals surface area contributed by atoms with Crippen molar-refractivity contribution in [3.05, 3.63) is 46.3 Å². The van der Waals surface area contributed by atoms with Crippen molar-refractivity contribution in [3.63, 3.8) is 0 Å². The number of hydrogen-bond donors (Lipinski definition) is 0. The largest absolute Gasteiger partial charge is 0.488 e. The molecule has 1 amide bonds. The smallest absolute Gasteiger partial charge is 0.310 e.